The molecule has 0 unspecified atom stereocenters. The maximum Gasteiger partial charge on any atom is 0.266 e. The molecule has 0 bridgehead atoms. The zero-order valence-corrected chi connectivity index (χ0v) is 15.2. The molecule has 0 saturated carbocycles. The molecular weight excluding hydrogens is 346 g/mol. The van der Waals surface area contributed by atoms with Gasteiger partial charge in [0.25, 0.3) is 5.91 Å². The van der Waals surface area contributed by atoms with Crippen LogP contribution in [-0.2, 0) is 6.42 Å². The standard InChI is InChI=1S/C20H21N3O2S/c24-19(18-17(5-14-26-18)22-10-1-2-11-22)23-12-6-20(25,7-13-23)15-16-3-8-21-9-4-16/h1-5,8-11,14,25H,6-7,12-13,15H2. The second-order valence-corrected chi connectivity index (χ2v) is 7.69. The van der Waals surface area contributed by atoms with Gasteiger partial charge in [0.05, 0.1) is 11.3 Å². The van der Waals surface area contributed by atoms with Crippen molar-refractivity contribution in [3.63, 3.8) is 0 Å². The number of carbonyl (C=O) groups is 1. The Morgan fingerprint density at radius 3 is 2.54 bits per heavy atom. The summed E-state index contributed by atoms with van der Waals surface area (Å²) in [5.74, 6) is 0.0506. The van der Waals surface area contributed by atoms with Gasteiger partial charge in [-0.1, -0.05) is 0 Å². The molecule has 1 aliphatic rings. The first-order chi connectivity index (χ1) is 12.6. The first kappa shape index (κ1) is 17.0. The highest BCUT2D eigenvalue weighted by atomic mass is 32.1. The van der Waals surface area contributed by atoms with Crippen LogP contribution >= 0.6 is 11.3 Å². The summed E-state index contributed by atoms with van der Waals surface area (Å²) in [5.41, 5.74) is 1.25. The Morgan fingerprint density at radius 1 is 1.15 bits per heavy atom. The number of thiophene rings is 1. The van der Waals surface area contributed by atoms with Gasteiger partial charge < -0.3 is 14.6 Å². The number of aliphatic hydroxyl groups is 1. The minimum absolute atomic E-state index is 0.0506. The normalized spacial score (nSPS) is 16.6. The monoisotopic (exact) mass is 367 g/mol. The third-order valence-electron chi connectivity index (χ3n) is 4.99. The van der Waals surface area contributed by atoms with Crippen LogP contribution < -0.4 is 0 Å². The largest absolute Gasteiger partial charge is 0.389 e. The molecule has 1 aliphatic heterocycles. The number of pyridine rings is 1. The summed E-state index contributed by atoms with van der Waals surface area (Å²) in [6, 6.07) is 9.74. The fraction of sp³-hybridized carbons (Fsp3) is 0.300. The number of amides is 1. The first-order valence-corrected chi connectivity index (χ1v) is 9.64. The summed E-state index contributed by atoms with van der Waals surface area (Å²) in [7, 11) is 0. The van der Waals surface area contributed by atoms with Gasteiger partial charge in [-0.15, -0.1) is 11.3 Å². The Kier molecular flexibility index (Phi) is 4.61. The Hall–Kier alpha value is -2.44. The molecule has 3 aromatic rings. The lowest BCUT2D eigenvalue weighted by Gasteiger charge is -2.38. The molecule has 5 nitrogen and oxygen atoms in total. The van der Waals surface area contributed by atoms with Crippen LogP contribution in [-0.4, -0.2) is 44.2 Å². The average molecular weight is 367 g/mol. The summed E-state index contributed by atoms with van der Waals surface area (Å²) >= 11 is 1.47. The predicted octanol–water partition coefficient (Wildman–Crippen LogP) is 3.14. The lowest BCUT2D eigenvalue weighted by Crippen LogP contribution is -2.47. The zero-order chi connectivity index (χ0) is 18.0. The SMILES string of the molecule is O=C(c1sccc1-n1cccc1)N1CCC(O)(Cc2ccncc2)CC1. The molecule has 1 fully saturated rings. The molecule has 26 heavy (non-hydrogen) atoms. The molecule has 6 heteroatoms. The quantitative estimate of drug-likeness (QED) is 0.771. The van der Waals surface area contributed by atoms with Gasteiger partial charge in [0.2, 0.25) is 0 Å². The van der Waals surface area contributed by atoms with Crippen molar-refractivity contribution >= 4 is 17.2 Å². The summed E-state index contributed by atoms with van der Waals surface area (Å²) in [4.78, 5) is 19.6. The minimum atomic E-state index is -0.753. The van der Waals surface area contributed by atoms with Crippen molar-refractivity contribution in [2.75, 3.05) is 13.1 Å². The topological polar surface area (TPSA) is 58.4 Å². The van der Waals surface area contributed by atoms with Crippen molar-refractivity contribution < 1.29 is 9.90 Å². The average Bonchev–Trinajstić information content (AvgIpc) is 3.34. The number of hydrogen-bond donors (Lipinski definition) is 1. The molecule has 0 aromatic carbocycles. The number of rotatable bonds is 4. The van der Waals surface area contributed by atoms with E-state index < -0.39 is 5.60 Å². The van der Waals surface area contributed by atoms with Crippen LogP contribution in [0.3, 0.4) is 0 Å². The Bertz CT molecular complexity index is 866. The third kappa shape index (κ3) is 3.43. The van der Waals surface area contributed by atoms with Crippen molar-refractivity contribution in [3.8, 4) is 5.69 Å². The highest BCUT2D eigenvalue weighted by Gasteiger charge is 2.35. The fourth-order valence-corrected chi connectivity index (χ4v) is 4.35. The van der Waals surface area contributed by atoms with E-state index in [4.69, 9.17) is 0 Å². The maximum absolute atomic E-state index is 13.0. The molecule has 0 atom stereocenters. The van der Waals surface area contributed by atoms with E-state index in [-0.39, 0.29) is 5.91 Å². The van der Waals surface area contributed by atoms with Crippen molar-refractivity contribution in [2.45, 2.75) is 24.9 Å². The number of piperidine rings is 1. The van der Waals surface area contributed by atoms with Gasteiger partial charge in [-0.25, -0.2) is 0 Å². The highest BCUT2D eigenvalue weighted by molar-refractivity contribution is 7.12. The number of likely N-dealkylation sites (tertiary alicyclic amines) is 1. The number of nitrogens with zero attached hydrogens (tertiary/aromatic N) is 3. The first-order valence-electron chi connectivity index (χ1n) is 8.76. The minimum Gasteiger partial charge on any atom is -0.389 e. The van der Waals surface area contributed by atoms with Crippen molar-refractivity contribution in [1.82, 2.24) is 14.5 Å². The number of carbonyl (C=O) groups excluding carboxylic acids is 1. The maximum atomic E-state index is 13.0. The molecule has 1 saturated heterocycles. The Morgan fingerprint density at radius 2 is 1.85 bits per heavy atom. The molecular formula is C20H21N3O2S. The lowest BCUT2D eigenvalue weighted by atomic mass is 9.85. The summed E-state index contributed by atoms with van der Waals surface area (Å²) in [6.07, 6.45) is 9.17. The van der Waals surface area contributed by atoms with Crippen LogP contribution in [0.1, 0.15) is 28.1 Å². The van der Waals surface area contributed by atoms with Gasteiger partial charge in [0.1, 0.15) is 4.88 Å². The van der Waals surface area contributed by atoms with E-state index >= 15 is 0 Å². The van der Waals surface area contributed by atoms with E-state index in [0.29, 0.717) is 32.4 Å². The van der Waals surface area contributed by atoms with Crippen LogP contribution in [0.2, 0.25) is 0 Å². The smallest absolute Gasteiger partial charge is 0.266 e. The van der Waals surface area contributed by atoms with E-state index in [1.165, 1.54) is 11.3 Å². The van der Waals surface area contributed by atoms with Crippen LogP contribution in [0.4, 0.5) is 0 Å². The second-order valence-electron chi connectivity index (χ2n) is 6.77. The van der Waals surface area contributed by atoms with Crippen molar-refractivity contribution in [1.29, 1.82) is 0 Å². The molecule has 4 rings (SSSR count). The van der Waals surface area contributed by atoms with Crippen LogP contribution in [0, 0.1) is 0 Å². The van der Waals surface area contributed by atoms with E-state index in [9.17, 15) is 9.90 Å². The zero-order valence-electron chi connectivity index (χ0n) is 14.4. The van der Waals surface area contributed by atoms with Gasteiger partial charge in [-0.05, 0) is 54.1 Å². The summed E-state index contributed by atoms with van der Waals surface area (Å²) < 4.78 is 1.97. The van der Waals surface area contributed by atoms with Crippen LogP contribution in [0.5, 0.6) is 0 Å². The molecule has 4 heterocycles. The van der Waals surface area contributed by atoms with Gasteiger partial charge in [-0.2, -0.15) is 0 Å². The van der Waals surface area contributed by atoms with Gasteiger partial charge in [-0.3, -0.25) is 9.78 Å². The molecule has 1 amide bonds. The van der Waals surface area contributed by atoms with Gasteiger partial charge in [0, 0.05) is 44.3 Å². The molecule has 1 N–H and O–H groups in total. The molecule has 3 aromatic heterocycles. The number of aromatic nitrogens is 2. The van der Waals surface area contributed by atoms with E-state index in [1.807, 2.05) is 57.6 Å². The van der Waals surface area contributed by atoms with Crippen molar-refractivity contribution in [3.05, 3.63) is 70.9 Å². The summed E-state index contributed by atoms with van der Waals surface area (Å²) in [5, 5.41) is 12.9. The van der Waals surface area contributed by atoms with Crippen LogP contribution in [0.25, 0.3) is 5.69 Å². The Labute approximate surface area is 156 Å². The lowest BCUT2D eigenvalue weighted by molar-refractivity contribution is -0.0161. The molecule has 0 spiro atoms. The van der Waals surface area contributed by atoms with Crippen LogP contribution in [0.15, 0.2) is 60.5 Å². The van der Waals surface area contributed by atoms with E-state index in [0.717, 1.165) is 16.1 Å². The fourth-order valence-electron chi connectivity index (χ4n) is 3.49. The Balaban J connectivity index is 1.44. The van der Waals surface area contributed by atoms with Crippen molar-refractivity contribution in [2.24, 2.45) is 0 Å². The molecule has 0 aliphatic carbocycles. The second kappa shape index (κ2) is 7.05. The predicted molar refractivity (Wildman–Crippen MR) is 102 cm³/mol. The third-order valence-corrected chi connectivity index (χ3v) is 5.88. The molecule has 134 valence electrons. The van der Waals surface area contributed by atoms with Gasteiger partial charge in [0.15, 0.2) is 0 Å². The highest BCUT2D eigenvalue weighted by Crippen LogP contribution is 2.29. The summed E-state index contributed by atoms with van der Waals surface area (Å²) in [6.45, 7) is 1.15. The van der Waals surface area contributed by atoms with E-state index in [1.54, 1.807) is 12.4 Å². The van der Waals surface area contributed by atoms with Gasteiger partial charge >= 0.3 is 0 Å². The molecule has 0 radical (unpaired) electrons. The number of hydrogen-bond acceptors (Lipinski definition) is 4. The van der Waals surface area contributed by atoms with E-state index in [2.05, 4.69) is 4.98 Å².